The monoisotopic (exact) mass is 180 g/mol. The highest BCUT2D eigenvalue weighted by atomic mass is 15.3. The van der Waals surface area contributed by atoms with Gasteiger partial charge in [-0.05, 0) is 12.5 Å². The number of hydrogen-bond donors (Lipinski definition) is 0. The molecule has 0 aliphatic carbocycles. The van der Waals surface area contributed by atoms with Gasteiger partial charge in [-0.1, -0.05) is 39.0 Å². The third kappa shape index (κ3) is 4.71. The van der Waals surface area contributed by atoms with E-state index in [1.54, 1.807) is 0 Å². The first-order chi connectivity index (χ1) is 6.43. The van der Waals surface area contributed by atoms with Gasteiger partial charge in [0.15, 0.2) is 0 Å². The van der Waals surface area contributed by atoms with Crippen LogP contribution < -0.4 is 0 Å². The molecule has 0 amide bonds. The fourth-order valence-corrected chi connectivity index (χ4v) is 1.49. The molecule has 0 atom stereocenters. The van der Waals surface area contributed by atoms with Gasteiger partial charge in [0, 0.05) is 18.9 Å². The van der Waals surface area contributed by atoms with Crippen molar-refractivity contribution in [3.63, 3.8) is 0 Å². The number of rotatable bonds is 7. The van der Waals surface area contributed by atoms with E-state index in [2.05, 4.69) is 12.0 Å². The summed E-state index contributed by atoms with van der Waals surface area (Å²) in [5, 5.41) is 4.17. The second kappa shape index (κ2) is 6.70. The van der Waals surface area contributed by atoms with Crippen LogP contribution in [0.3, 0.4) is 0 Å². The average molecular weight is 180 g/mol. The second-order valence-corrected chi connectivity index (χ2v) is 3.54. The largest absolute Gasteiger partial charge is 0.273 e. The summed E-state index contributed by atoms with van der Waals surface area (Å²) in [6, 6.07) is 1.98. The van der Waals surface area contributed by atoms with Crippen LogP contribution >= 0.6 is 0 Å². The van der Waals surface area contributed by atoms with Crippen LogP contribution in [0.15, 0.2) is 18.5 Å². The second-order valence-electron chi connectivity index (χ2n) is 3.54. The Morgan fingerprint density at radius 3 is 2.54 bits per heavy atom. The molecule has 1 heterocycles. The highest BCUT2D eigenvalue weighted by molar-refractivity contribution is 4.77. The third-order valence-electron chi connectivity index (χ3n) is 2.30. The molecule has 1 rings (SSSR count). The molecule has 0 saturated carbocycles. The van der Waals surface area contributed by atoms with Crippen LogP contribution in [0.5, 0.6) is 0 Å². The van der Waals surface area contributed by atoms with Crippen LogP contribution in [0.2, 0.25) is 0 Å². The average Bonchev–Trinajstić information content (AvgIpc) is 2.63. The van der Waals surface area contributed by atoms with E-state index in [0.717, 1.165) is 6.54 Å². The van der Waals surface area contributed by atoms with Gasteiger partial charge in [-0.3, -0.25) is 4.68 Å². The molecule has 2 heteroatoms. The van der Waals surface area contributed by atoms with E-state index in [1.807, 2.05) is 23.1 Å². The molecule has 0 bridgehead atoms. The van der Waals surface area contributed by atoms with Gasteiger partial charge in [0.05, 0.1) is 0 Å². The summed E-state index contributed by atoms with van der Waals surface area (Å²) in [6.45, 7) is 3.34. The number of nitrogens with zero attached hydrogens (tertiary/aromatic N) is 2. The van der Waals surface area contributed by atoms with Crippen molar-refractivity contribution in [2.75, 3.05) is 0 Å². The molecule has 0 unspecified atom stereocenters. The zero-order valence-electron chi connectivity index (χ0n) is 8.58. The van der Waals surface area contributed by atoms with E-state index in [9.17, 15) is 0 Å². The van der Waals surface area contributed by atoms with Crippen molar-refractivity contribution in [3.8, 4) is 0 Å². The van der Waals surface area contributed by atoms with Crippen LogP contribution in [0, 0.1) is 0 Å². The van der Waals surface area contributed by atoms with E-state index in [4.69, 9.17) is 0 Å². The maximum absolute atomic E-state index is 4.17. The van der Waals surface area contributed by atoms with Crippen molar-refractivity contribution in [3.05, 3.63) is 18.5 Å². The molecule has 0 aromatic carbocycles. The highest BCUT2D eigenvalue weighted by Gasteiger charge is 1.91. The Hall–Kier alpha value is -0.790. The molecule has 0 aliphatic rings. The van der Waals surface area contributed by atoms with Crippen molar-refractivity contribution in [2.45, 2.75) is 52.0 Å². The van der Waals surface area contributed by atoms with Gasteiger partial charge in [0.25, 0.3) is 0 Å². The quantitative estimate of drug-likeness (QED) is 0.589. The predicted molar refractivity (Wildman–Crippen MR) is 55.6 cm³/mol. The number of aryl methyl sites for hydroxylation is 1. The Morgan fingerprint density at radius 1 is 1.08 bits per heavy atom. The number of aromatic nitrogens is 2. The minimum absolute atomic E-state index is 1.08. The van der Waals surface area contributed by atoms with Crippen molar-refractivity contribution >= 4 is 0 Å². The molecule has 0 radical (unpaired) electrons. The van der Waals surface area contributed by atoms with Gasteiger partial charge in [0.1, 0.15) is 0 Å². The first kappa shape index (κ1) is 10.3. The van der Waals surface area contributed by atoms with E-state index >= 15 is 0 Å². The maximum atomic E-state index is 4.17. The first-order valence-electron chi connectivity index (χ1n) is 5.41. The zero-order chi connectivity index (χ0) is 9.36. The molecule has 0 fully saturated rings. The summed E-state index contributed by atoms with van der Waals surface area (Å²) in [7, 11) is 0. The first-order valence-corrected chi connectivity index (χ1v) is 5.41. The Kier molecular flexibility index (Phi) is 5.30. The minimum atomic E-state index is 1.08. The molecule has 13 heavy (non-hydrogen) atoms. The van der Waals surface area contributed by atoms with Crippen molar-refractivity contribution in [2.24, 2.45) is 0 Å². The maximum Gasteiger partial charge on any atom is 0.0489 e. The molecular weight excluding hydrogens is 160 g/mol. The molecular formula is C11H20N2. The standard InChI is InChI=1S/C11H20N2/c1-2-3-4-5-6-7-10-13-11-8-9-12-13/h8-9,11H,2-7,10H2,1H3. The normalized spacial score (nSPS) is 10.5. The summed E-state index contributed by atoms with van der Waals surface area (Å²) >= 11 is 0. The Labute approximate surface area is 81.0 Å². The van der Waals surface area contributed by atoms with Crippen LogP contribution in [-0.2, 0) is 6.54 Å². The molecule has 0 N–H and O–H groups in total. The number of unbranched alkanes of at least 4 members (excludes halogenated alkanes) is 5. The molecule has 0 spiro atoms. The van der Waals surface area contributed by atoms with E-state index in [0.29, 0.717) is 0 Å². The SMILES string of the molecule is CCCCCCCCn1cccn1. The van der Waals surface area contributed by atoms with Crippen molar-refractivity contribution < 1.29 is 0 Å². The van der Waals surface area contributed by atoms with Crippen LogP contribution in [0.25, 0.3) is 0 Å². The molecule has 2 nitrogen and oxygen atoms in total. The number of hydrogen-bond acceptors (Lipinski definition) is 1. The van der Waals surface area contributed by atoms with Crippen molar-refractivity contribution in [1.29, 1.82) is 0 Å². The predicted octanol–water partition coefficient (Wildman–Crippen LogP) is 3.24. The summed E-state index contributed by atoms with van der Waals surface area (Å²) in [5.41, 5.74) is 0. The van der Waals surface area contributed by atoms with Gasteiger partial charge < -0.3 is 0 Å². The van der Waals surface area contributed by atoms with E-state index in [-0.39, 0.29) is 0 Å². The molecule has 1 aromatic heterocycles. The van der Waals surface area contributed by atoms with Gasteiger partial charge in [-0.25, -0.2) is 0 Å². The minimum Gasteiger partial charge on any atom is -0.273 e. The van der Waals surface area contributed by atoms with E-state index < -0.39 is 0 Å². The van der Waals surface area contributed by atoms with Crippen LogP contribution in [0.4, 0.5) is 0 Å². The summed E-state index contributed by atoms with van der Waals surface area (Å²) in [6.07, 6.45) is 12.0. The highest BCUT2D eigenvalue weighted by Crippen LogP contribution is 2.05. The smallest absolute Gasteiger partial charge is 0.0489 e. The molecule has 1 aromatic rings. The fourth-order valence-electron chi connectivity index (χ4n) is 1.49. The van der Waals surface area contributed by atoms with Crippen molar-refractivity contribution in [1.82, 2.24) is 9.78 Å². The molecule has 0 aliphatic heterocycles. The molecule has 0 saturated heterocycles. The fraction of sp³-hybridized carbons (Fsp3) is 0.727. The van der Waals surface area contributed by atoms with Gasteiger partial charge in [0.2, 0.25) is 0 Å². The molecule has 74 valence electrons. The van der Waals surface area contributed by atoms with Gasteiger partial charge >= 0.3 is 0 Å². The lowest BCUT2D eigenvalue weighted by atomic mass is 10.1. The summed E-state index contributed by atoms with van der Waals surface area (Å²) < 4.78 is 2.01. The summed E-state index contributed by atoms with van der Waals surface area (Å²) in [5.74, 6) is 0. The topological polar surface area (TPSA) is 17.8 Å². The Bertz CT molecular complexity index is 192. The Morgan fingerprint density at radius 2 is 1.85 bits per heavy atom. The van der Waals surface area contributed by atoms with Gasteiger partial charge in [-0.2, -0.15) is 5.10 Å². The van der Waals surface area contributed by atoms with Crippen LogP contribution in [0.1, 0.15) is 45.4 Å². The zero-order valence-corrected chi connectivity index (χ0v) is 8.58. The lowest BCUT2D eigenvalue weighted by Gasteiger charge is -2.01. The van der Waals surface area contributed by atoms with Crippen LogP contribution in [-0.4, -0.2) is 9.78 Å². The third-order valence-corrected chi connectivity index (χ3v) is 2.30. The lowest BCUT2D eigenvalue weighted by Crippen LogP contribution is -1.97. The van der Waals surface area contributed by atoms with Gasteiger partial charge in [-0.15, -0.1) is 0 Å². The van der Waals surface area contributed by atoms with E-state index in [1.165, 1.54) is 38.5 Å². The Balaban J connectivity index is 1.90. The lowest BCUT2D eigenvalue weighted by molar-refractivity contribution is 0.527. The summed E-state index contributed by atoms with van der Waals surface area (Å²) in [4.78, 5) is 0.